The standard InChI is InChI=1S/C15H24O10/c1-20-14(18)24-10-22-12(16)8-6-4-3-5-7-9-13(17)23-11-25-15(19)21-2/h3-11H2,1-2H3. The van der Waals surface area contributed by atoms with E-state index in [0.29, 0.717) is 12.8 Å². The Morgan fingerprint density at radius 2 is 0.920 bits per heavy atom. The highest BCUT2D eigenvalue weighted by Crippen LogP contribution is 2.08. The minimum Gasteiger partial charge on any atom is -0.438 e. The van der Waals surface area contributed by atoms with Crippen molar-refractivity contribution in [2.24, 2.45) is 0 Å². The molecule has 10 nitrogen and oxygen atoms in total. The Morgan fingerprint density at radius 1 is 0.560 bits per heavy atom. The van der Waals surface area contributed by atoms with Gasteiger partial charge in [0, 0.05) is 12.8 Å². The molecule has 25 heavy (non-hydrogen) atoms. The van der Waals surface area contributed by atoms with Gasteiger partial charge in [-0.15, -0.1) is 0 Å². The first-order valence-electron chi connectivity index (χ1n) is 7.72. The molecule has 0 saturated carbocycles. The maximum absolute atomic E-state index is 11.3. The number of unbranched alkanes of at least 4 members (excludes halogenated alkanes) is 4. The molecule has 0 atom stereocenters. The Labute approximate surface area is 145 Å². The summed E-state index contributed by atoms with van der Waals surface area (Å²) in [7, 11) is 2.31. The summed E-state index contributed by atoms with van der Waals surface area (Å²) in [4.78, 5) is 43.8. The molecule has 0 aromatic rings. The minimum atomic E-state index is -0.914. The summed E-state index contributed by atoms with van der Waals surface area (Å²) in [5.74, 6) is -0.920. The molecule has 0 aliphatic heterocycles. The zero-order valence-electron chi connectivity index (χ0n) is 14.4. The largest absolute Gasteiger partial charge is 0.510 e. The lowest BCUT2D eigenvalue weighted by Gasteiger charge is -2.06. The highest BCUT2D eigenvalue weighted by Gasteiger charge is 2.07. The average Bonchev–Trinajstić information content (AvgIpc) is 2.60. The highest BCUT2D eigenvalue weighted by molar-refractivity contribution is 5.69. The van der Waals surface area contributed by atoms with Crippen LogP contribution in [0.5, 0.6) is 0 Å². The second-order valence-corrected chi connectivity index (χ2v) is 4.73. The monoisotopic (exact) mass is 364 g/mol. The van der Waals surface area contributed by atoms with Gasteiger partial charge in [-0.2, -0.15) is 0 Å². The van der Waals surface area contributed by atoms with Crippen molar-refractivity contribution in [1.82, 2.24) is 0 Å². The van der Waals surface area contributed by atoms with E-state index in [0.717, 1.165) is 33.5 Å². The van der Waals surface area contributed by atoms with E-state index in [2.05, 4.69) is 28.4 Å². The van der Waals surface area contributed by atoms with Crippen LogP contribution in [0.4, 0.5) is 9.59 Å². The maximum Gasteiger partial charge on any atom is 0.510 e. The van der Waals surface area contributed by atoms with Crippen LogP contribution in [-0.4, -0.2) is 52.1 Å². The molecule has 0 fully saturated rings. The zero-order valence-corrected chi connectivity index (χ0v) is 14.4. The molecule has 0 amide bonds. The SMILES string of the molecule is COC(=O)OCOC(=O)CCCCCCCC(=O)OCOC(=O)OC. The maximum atomic E-state index is 11.3. The summed E-state index contributed by atoms with van der Waals surface area (Å²) in [6, 6.07) is 0. The number of hydrogen-bond donors (Lipinski definition) is 0. The van der Waals surface area contributed by atoms with Gasteiger partial charge in [-0.05, 0) is 12.8 Å². The average molecular weight is 364 g/mol. The van der Waals surface area contributed by atoms with Crippen molar-refractivity contribution >= 4 is 24.2 Å². The van der Waals surface area contributed by atoms with Crippen LogP contribution >= 0.6 is 0 Å². The topological polar surface area (TPSA) is 124 Å². The van der Waals surface area contributed by atoms with Gasteiger partial charge in [0.2, 0.25) is 13.6 Å². The smallest absolute Gasteiger partial charge is 0.438 e. The Kier molecular flexibility index (Phi) is 13.5. The number of hydrogen-bond acceptors (Lipinski definition) is 10. The van der Waals surface area contributed by atoms with Crippen molar-refractivity contribution in [3.05, 3.63) is 0 Å². The second-order valence-electron chi connectivity index (χ2n) is 4.73. The van der Waals surface area contributed by atoms with Crippen molar-refractivity contribution in [3.63, 3.8) is 0 Å². The van der Waals surface area contributed by atoms with Crippen LogP contribution in [0.3, 0.4) is 0 Å². The molecular weight excluding hydrogens is 340 g/mol. The zero-order chi connectivity index (χ0) is 18.9. The van der Waals surface area contributed by atoms with Gasteiger partial charge in [-0.3, -0.25) is 9.59 Å². The van der Waals surface area contributed by atoms with E-state index >= 15 is 0 Å². The van der Waals surface area contributed by atoms with Crippen LogP contribution in [0.1, 0.15) is 44.9 Å². The lowest BCUT2D eigenvalue weighted by Crippen LogP contribution is -2.12. The van der Waals surface area contributed by atoms with Crippen molar-refractivity contribution in [3.8, 4) is 0 Å². The van der Waals surface area contributed by atoms with Crippen LogP contribution in [0.25, 0.3) is 0 Å². The van der Waals surface area contributed by atoms with E-state index in [1.54, 1.807) is 0 Å². The van der Waals surface area contributed by atoms with Gasteiger partial charge in [-0.25, -0.2) is 9.59 Å². The van der Waals surface area contributed by atoms with Gasteiger partial charge in [0.25, 0.3) is 0 Å². The van der Waals surface area contributed by atoms with Crippen molar-refractivity contribution < 1.29 is 47.6 Å². The molecule has 0 heterocycles. The summed E-state index contributed by atoms with van der Waals surface area (Å²) < 4.78 is 26.6. The lowest BCUT2D eigenvalue weighted by atomic mass is 10.1. The summed E-state index contributed by atoms with van der Waals surface area (Å²) in [6.45, 7) is -0.930. The Hall–Kier alpha value is -2.52. The van der Waals surface area contributed by atoms with E-state index in [1.807, 2.05) is 0 Å². The van der Waals surface area contributed by atoms with Crippen LogP contribution in [0.15, 0.2) is 0 Å². The molecule has 144 valence electrons. The van der Waals surface area contributed by atoms with E-state index < -0.39 is 37.8 Å². The normalized spacial score (nSPS) is 9.68. The molecule has 0 aliphatic carbocycles. The first-order chi connectivity index (χ1) is 12.0. The van der Waals surface area contributed by atoms with Crippen molar-refractivity contribution in [1.29, 1.82) is 0 Å². The molecule has 0 spiro atoms. The van der Waals surface area contributed by atoms with E-state index in [4.69, 9.17) is 0 Å². The Morgan fingerprint density at radius 3 is 1.28 bits per heavy atom. The van der Waals surface area contributed by atoms with Gasteiger partial charge < -0.3 is 28.4 Å². The fourth-order valence-electron chi connectivity index (χ4n) is 1.62. The molecule has 0 saturated heterocycles. The van der Waals surface area contributed by atoms with Crippen LogP contribution in [0.2, 0.25) is 0 Å². The first kappa shape index (κ1) is 22.5. The summed E-state index contributed by atoms with van der Waals surface area (Å²) in [6.07, 6.45) is 2.32. The van der Waals surface area contributed by atoms with Crippen molar-refractivity contribution in [2.45, 2.75) is 44.9 Å². The third-order valence-corrected chi connectivity index (χ3v) is 2.89. The molecule has 10 heteroatoms. The molecule has 0 N–H and O–H groups in total. The van der Waals surface area contributed by atoms with E-state index in [1.165, 1.54) is 0 Å². The van der Waals surface area contributed by atoms with Gasteiger partial charge in [-0.1, -0.05) is 19.3 Å². The number of rotatable bonds is 12. The molecule has 0 bridgehead atoms. The molecule has 0 aliphatic rings. The van der Waals surface area contributed by atoms with Gasteiger partial charge >= 0.3 is 24.2 Å². The molecule has 0 rings (SSSR count). The van der Waals surface area contributed by atoms with Crippen LogP contribution in [-0.2, 0) is 38.0 Å². The molecule has 0 aromatic heterocycles. The van der Waals surface area contributed by atoms with Gasteiger partial charge in [0.05, 0.1) is 14.2 Å². The predicted molar refractivity (Wildman–Crippen MR) is 81.2 cm³/mol. The third kappa shape index (κ3) is 14.8. The lowest BCUT2D eigenvalue weighted by molar-refractivity contribution is -0.154. The summed E-state index contributed by atoms with van der Waals surface area (Å²) >= 11 is 0. The quantitative estimate of drug-likeness (QED) is 0.220. The van der Waals surface area contributed by atoms with Gasteiger partial charge in [0.1, 0.15) is 0 Å². The molecule has 0 unspecified atom stereocenters. The Bertz CT molecular complexity index is 383. The van der Waals surface area contributed by atoms with Crippen LogP contribution in [0, 0.1) is 0 Å². The fraction of sp³-hybridized carbons (Fsp3) is 0.733. The summed E-state index contributed by atoms with van der Waals surface area (Å²) in [5, 5.41) is 0. The van der Waals surface area contributed by atoms with E-state index in [9.17, 15) is 19.2 Å². The number of ether oxygens (including phenoxy) is 6. The predicted octanol–water partition coefficient (Wildman–Crippen LogP) is 2.28. The molecule has 0 radical (unpaired) electrons. The molecular formula is C15H24O10. The van der Waals surface area contributed by atoms with Crippen molar-refractivity contribution in [2.75, 3.05) is 27.8 Å². The highest BCUT2D eigenvalue weighted by atomic mass is 16.8. The van der Waals surface area contributed by atoms with Gasteiger partial charge in [0.15, 0.2) is 0 Å². The first-order valence-corrected chi connectivity index (χ1v) is 7.72. The van der Waals surface area contributed by atoms with E-state index in [-0.39, 0.29) is 12.8 Å². The molecule has 0 aromatic carbocycles. The summed E-state index contributed by atoms with van der Waals surface area (Å²) in [5.41, 5.74) is 0. The Balaban J connectivity index is 3.40. The fourth-order valence-corrected chi connectivity index (χ4v) is 1.62. The number of carbonyl (C=O) groups excluding carboxylic acids is 4. The number of esters is 2. The number of methoxy groups -OCH3 is 2. The van der Waals surface area contributed by atoms with Crippen LogP contribution < -0.4 is 0 Å². The minimum absolute atomic E-state index is 0.220. The third-order valence-electron chi connectivity index (χ3n) is 2.89. The number of carbonyl (C=O) groups is 4. The second kappa shape index (κ2) is 15.0.